The lowest BCUT2D eigenvalue weighted by Gasteiger charge is -2.16. The first-order valence-corrected chi connectivity index (χ1v) is 4.71. The first-order chi connectivity index (χ1) is 6.74. The molecule has 0 saturated heterocycles. The summed E-state index contributed by atoms with van der Waals surface area (Å²) in [6.07, 6.45) is 1.11. The summed E-state index contributed by atoms with van der Waals surface area (Å²) in [6.45, 7) is 1.47. The third-order valence-corrected chi connectivity index (χ3v) is 1.78. The van der Waals surface area contributed by atoms with Gasteiger partial charge in [0.15, 0.2) is 0 Å². The molecule has 1 amide bonds. The molecular formula is C9H20N2O3. The molecule has 84 valence electrons. The normalized spacial score (nSPS) is 12.5. The number of hydrogen-bond donors (Lipinski definition) is 2. The fourth-order valence-electron chi connectivity index (χ4n) is 1.09. The van der Waals surface area contributed by atoms with Crippen LogP contribution in [0.15, 0.2) is 0 Å². The molecule has 0 aromatic heterocycles. The zero-order valence-electron chi connectivity index (χ0n) is 8.91. The van der Waals surface area contributed by atoms with Crippen LogP contribution in [-0.4, -0.2) is 45.9 Å². The Hall–Kier alpha value is -0.650. The highest BCUT2D eigenvalue weighted by molar-refractivity contribution is 5.76. The van der Waals surface area contributed by atoms with E-state index >= 15 is 0 Å². The second kappa shape index (κ2) is 8.93. The van der Waals surface area contributed by atoms with Crippen LogP contribution in [0, 0.1) is 0 Å². The Morgan fingerprint density at radius 3 is 2.64 bits per heavy atom. The zero-order valence-corrected chi connectivity index (χ0v) is 8.91. The summed E-state index contributed by atoms with van der Waals surface area (Å²) < 4.78 is 9.76. The summed E-state index contributed by atoms with van der Waals surface area (Å²) >= 11 is 0. The molecule has 0 aliphatic carbocycles. The number of methoxy groups -OCH3 is 2. The SMILES string of the molecule is COCCC(=O)NC(CCN)COC. The molecule has 0 fully saturated rings. The molecule has 0 saturated carbocycles. The Labute approximate surface area is 84.9 Å². The number of hydrogen-bond acceptors (Lipinski definition) is 4. The topological polar surface area (TPSA) is 73.6 Å². The van der Waals surface area contributed by atoms with E-state index in [1.807, 2.05) is 0 Å². The number of carbonyl (C=O) groups excluding carboxylic acids is 1. The number of nitrogens with one attached hydrogen (secondary N) is 1. The molecule has 0 heterocycles. The van der Waals surface area contributed by atoms with Crippen LogP contribution in [0.5, 0.6) is 0 Å². The third-order valence-electron chi connectivity index (χ3n) is 1.78. The van der Waals surface area contributed by atoms with E-state index in [2.05, 4.69) is 5.32 Å². The number of ether oxygens (including phenoxy) is 2. The van der Waals surface area contributed by atoms with Crippen molar-refractivity contribution in [2.24, 2.45) is 5.73 Å². The molecule has 0 aromatic rings. The van der Waals surface area contributed by atoms with E-state index in [0.29, 0.717) is 26.2 Å². The molecule has 1 unspecified atom stereocenters. The van der Waals surface area contributed by atoms with E-state index in [1.165, 1.54) is 0 Å². The number of rotatable bonds is 8. The maximum atomic E-state index is 11.3. The molecule has 5 heteroatoms. The van der Waals surface area contributed by atoms with E-state index in [-0.39, 0.29) is 11.9 Å². The van der Waals surface area contributed by atoms with Crippen LogP contribution in [0.1, 0.15) is 12.8 Å². The molecule has 3 N–H and O–H groups in total. The highest BCUT2D eigenvalue weighted by Crippen LogP contribution is 1.92. The highest BCUT2D eigenvalue weighted by Gasteiger charge is 2.10. The third kappa shape index (κ3) is 6.82. The van der Waals surface area contributed by atoms with E-state index in [4.69, 9.17) is 15.2 Å². The summed E-state index contributed by atoms with van der Waals surface area (Å²) in [5.74, 6) is -0.0256. The average molecular weight is 204 g/mol. The second-order valence-electron chi connectivity index (χ2n) is 3.04. The first kappa shape index (κ1) is 13.4. The monoisotopic (exact) mass is 204 g/mol. The van der Waals surface area contributed by atoms with Gasteiger partial charge in [-0.3, -0.25) is 4.79 Å². The van der Waals surface area contributed by atoms with Gasteiger partial charge in [0.1, 0.15) is 0 Å². The van der Waals surface area contributed by atoms with Crippen LogP contribution >= 0.6 is 0 Å². The average Bonchev–Trinajstić information content (AvgIpc) is 2.15. The van der Waals surface area contributed by atoms with Crippen LogP contribution in [0.3, 0.4) is 0 Å². The number of amides is 1. The Balaban J connectivity index is 3.71. The lowest BCUT2D eigenvalue weighted by Crippen LogP contribution is -2.39. The quantitative estimate of drug-likeness (QED) is 0.559. The largest absolute Gasteiger partial charge is 0.384 e. The fraction of sp³-hybridized carbons (Fsp3) is 0.889. The van der Waals surface area contributed by atoms with Gasteiger partial charge in [-0.15, -0.1) is 0 Å². The Morgan fingerprint density at radius 1 is 1.43 bits per heavy atom. The van der Waals surface area contributed by atoms with Crippen LogP contribution < -0.4 is 11.1 Å². The Morgan fingerprint density at radius 2 is 2.14 bits per heavy atom. The molecule has 1 atom stereocenters. The predicted molar refractivity (Wildman–Crippen MR) is 54.0 cm³/mol. The molecular weight excluding hydrogens is 184 g/mol. The lowest BCUT2D eigenvalue weighted by molar-refractivity contribution is -0.123. The van der Waals surface area contributed by atoms with Gasteiger partial charge in [-0.05, 0) is 13.0 Å². The van der Waals surface area contributed by atoms with Crippen molar-refractivity contribution in [2.45, 2.75) is 18.9 Å². The molecule has 0 aromatic carbocycles. The van der Waals surface area contributed by atoms with E-state index in [0.717, 1.165) is 6.42 Å². The van der Waals surface area contributed by atoms with Gasteiger partial charge in [-0.1, -0.05) is 0 Å². The van der Waals surface area contributed by atoms with Crippen molar-refractivity contribution < 1.29 is 14.3 Å². The molecule has 14 heavy (non-hydrogen) atoms. The fourth-order valence-corrected chi connectivity index (χ4v) is 1.09. The summed E-state index contributed by atoms with van der Waals surface area (Å²) in [4.78, 5) is 11.3. The van der Waals surface area contributed by atoms with Crippen molar-refractivity contribution in [2.75, 3.05) is 34.0 Å². The van der Waals surface area contributed by atoms with E-state index < -0.39 is 0 Å². The van der Waals surface area contributed by atoms with Crippen molar-refractivity contribution in [3.63, 3.8) is 0 Å². The smallest absolute Gasteiger partial charge is 0.222 e. The van der Waals surface area contributed by atoms with E-state index in [1.54, 1.807) is 14.2 Å². The predicted octanol–water partition coefficient (Wildman–Crippen LogP) is -0.497. The standard InChI is InChI=1S/C9H20N2O3/c1-13-6-4-9(12)11-8(3-5-10)7-14-2/h8H,3-7,10H2,1-2H3,(H,11,12). The summed E-state index contributed by atoms with van der Waals surface area (Å²) in [6, 6.07) is 0.00866. The van der Waals surface area contributed by atoms with Crippen molar-refractivity contribution >= 4 is 5.91 Å². The summed E-state index contributed by atoms with van der Waals surface area (Å²) in [5.41, 5.74) is 5.40. The minimum atomic E-state index is -0.0256. The lowest BCUT2D eigenvalue weighted by atomic mass is 10.2. The van der Waals surface area contributed by atoms with E-state index in [9.17, 15) is 4.79 Å². The molecule has 0 aliphatic rings. The van der Waals surface area contributed by atoms with Gasteiger partial charge in [0.25, 0.3) is 0 Å². The molecule has 0 rings (SSSR count). The molecule has 0 aliphatic heterocycles. The van der Waals surface area contributed by atoms with Crippen LogP contribution in [0.4, 0.5) is 0 Å². The number of carbonyl (C=O) groups is 1. The van der Waals surface area contributed by atoms with Gasteiger partial charge in [0.05, 0.1) is 19.3 Å². The first-order valence-electron chi connectivity index (χ1n) is 4.71. The van der Waals surface area contributed by atoms with Gasteiger partial charge in [-0.2, -0.15) is 0 Å². The highest BCUT2D eigenvalue weighted by atomic mass is 16.5. The van der Waals surface area contributed by atoms with Crippen molar-refractivity contribution in [3.05, 3.63) is 0 Å². The van der Waals surface area contributed by atoms with Gasteiger partial charge in [0.2, 0.25) is 5.91 Å². The molecule has 5 nitrogen and oxygen atoms in total. The van der Waals surface area contributed by atoms with Gasteiger partial charge in [0, 0.05) is 20.6 Å². The van der Waals surface area contributed by atoms with Gasteiger partial charge in [-0.25, -0.2) is 0 Å². The summed E-state index contributed by atoms with van der Waals surface area (Å²) in [7, 11) is 3.17. The molecule has 0 bridgehead atoms. The van der Waals surface area contributed by atoms with Crippen molar-refractivity contribution in [1.29, 1.82) is 0 Å². The minimum Gasteiger partial charge on any atom is -0.384 e. The van der Waals surface area contributed by atoms with Gasteiger partial charge < -0.3 is 20.5 Å². The number of nitrogens with two attached hydrogens (primary N) is 1. The minimum absolute atomic E-state index is 0.00866. The molecule has 0 radical (unpaired) electrons. The zero-order chi connectivity index (χ0) is 10.8. The van der Waals surface area contributed by atoms with Gasteiger partial charge >= 0.3 is 0 Å². The Kier molecular flexibility index (Phi) is 8.51. The Bertz CT molecular complexity index is 147. The van der Waals surface area contributed by atoms with Crippen molar-refractivity contribution in [3.8, 4) is 0 Å². The van der Waals surface area contributed by atoms with Crippen LogP contribution in [0.25, 0.3) is 0 Å². The maximum Gasteiger partial charge on any atom is 0.222 e. The maximum absolute atomic E-state index is 11.3. The van der Waals surface area contributed by atoms with Crippen LogP contribution in [0.2, 0.25) is 0 Å². The molecule has 0 spiro atoms. The second-order valence-corrected chi connectivity index (χ2v) is 3.04. The van der Waals surface area contributed by atoms with Crippen molar-refractivity contribution in [1.82, 2.24) is 5.32 Å². The summed E-state index contributed by atoms with van der Waals surface area (Å²) in [5, 5.41) is 2.83. The van der Waals surface area contributed by atoms with Crippen LogP contribution in [-0.2, 0) is 14.3 Å².